The van der Waals surface area contributed by atoms with Crippen LogP contribution >= 0.6 is 23.2 Å². The summed E-state index contributed by atoms with van der Waals surface area (Å²) in [5, 5.41) is 11.1. The minimum atomic E-state index is -0.756. The monoisotopic (exact) mass is 478 g/mol. The standard InChI is InChI=1S/C21H16Cl2N2O7/c1-3-18(26)31-19-14(23)7-11(9-17(19)30-4-2)8-15-21(27)32-20(24-15)12-5-6-13(22)16(10-12)25(28)29/h5-10H,3-4H2,1-2H3/b15-8-. The number of rotatable bonds is 7. The number of carbonyl (C=O) groups excluding carboxylic acids is 2. The zero-order chi connectivity index (χ0) is 23.4. The molecule has 11 heteroatoms. The van der Waals surface area contributed by atoms with Gasteiger partial charge in [0.25, 0.3) is 5.69 Å². The number of hydrogen-bond acceptors (Lipinski definition) is 8. The molecular formula is C21H16Cl2N2O7. The quantitative estimate of drug-likeness (QED) is 0.181. The van der Waals surface area contributed by atoms with E-state index in [0.717, 1.165) is 0 Å². The van der Waals surface area contributed by atoms with Crippen molar-refractivity contribution in [2.45, 2.75) is 20.3 Å². The Labute approximate surface area is 192 Å². The van der Waals surface area contributed by atoms with Gasteiger partial charge in [-0.05, 0) is 42.8 Å². The highest BCUT2D eigenvalue weighted by molar-refractivity contribution is 6.33. The molecular weight excluding hydrogens is 463 g/mol. The Hall–Kier alpha value is -3.43. The summed E-state index contributed by atoms with van der Waals surface area (Å²) in [6, 6.07) is 6.94. The smallest absolute Gasteiger partial charge is 0.363 e. The molecule has 0 saturated carbocycles. The van der Waals surface area contributed by atoms with E-state index in [1.54, 1.807) is 13.8 Å². The van der Waals surface area contributed by atoms with Crippen molar-refractivity contribution in [2.24, 2.45) is 4.99 Å². The highest BCUT2D eigenvalue weighted by atomic mass is 35.5. The summed E-state index contributed by atoms with van der Waals surface area (Å²) in [4.78, 5) is 38.5. The van der Waals surface area contributed by atoms with Crippen molar-refractivity contribution in [3.8, 4) is 11.5 Å². The van der Waals surface area contributed by atoms with Crippen LogP contribution in [0.5, 0.6) is 11.5 Å². The number of benzene rings is 2. The Kier molecular flexibility index (Phi) is 7.12. The lowest BCUT2D eigenvalue weighted by molar-refractivity contribution is -0.384. The van der Waals surface area contributed by atoms with Crippen LogP contribution in [0.4, 0.5) is 5.69 Å². The van der Waals surface area contributed by atoms with E-state index in [4.69, 9.17) is 37.4 Å². The minimum absolute atomic E-state index is 0.0543. The van der Waals surface area contributed by atoms with Gasteiger partial charge in [-0.1, -0.05) is 30.1 Å². The molecule has 0 fully saturated rings. The third kappa shape index (κ3) is 5.06. The van der Waals surface area contributed by atoms with Crippen LogP contribution in [0.3, 0.4) is 0 Å². The first kappa shape index (κ1) is 23.2. The van der Waals surface area contributed by atoms with E-state index in [-0.39, 0.29) is 57.4 Å². The van der Waals surface area contributed by atoms with Crippen LogP contribution < -0.4 is 9.47 Å². The molecule has 32 heavy (non-hydrogen) atoms. The topological polar surface area (TPSA) is 117 Å². The molecule has 0 unspecified atom stereocenters. The number of cyclic esters (lactones) is 1. The van der Waals surface area contributed by atoms with Gasteiger partial charge in [0.2, 0.25) is 5.90 Å². The molecule has 1 aliphatic rings. The van der Waals surface area contributed by atoms with Crippen molar-refractivity contribution in [3.63, 3.8) is 0 Å². The van der Waals surface area contributed by atoms with Crippen LogP contribution in [0.15, 0.2) is 41.0 Å². The molecule has 0 spiro atoms. The second-order valence-electron chi connectivity index (χ2n) is 6.35. The number of nitro groups is 1. The van der Waals surface area contributed by atoms with Crippen molar-refractivity contribution in [1.29, 1.82) is 0 Å². The third-order valence-corrected chi connectivity index (χ3v) is 4.75. The molecule has 0 amide bonds. The van der Waals surface area contributed by atoms with Crippen LogP contribution in [0.2, 0.25) is 10.0 Å². The minimum Gasteiger partial charge on any atom is -0.490 e. The maximum absolute atomic E-state index is 12.3. The molecule has 3 rings (SSSR count). The highest BCUT2D eigenvalue weighted by Crippen LogP contribution is 2.38. The maximum atomic E-state index is 12.3. The van der Waals surface area contributed by atoms with Crippen LogP contribution in [0.25, 0.3) is 6.08 Å². The summed E-state index contributed by atoms with van der Waals surface area (Å²) in [6.07, 6.45) is 1.55. The fraction of sp³-hybridized carbons (Fsp3) is 0.190. The molecule has 1 heterocycles. The second-order valence-corrected chi connectivity index (χ2v) is 7.16. The van der Waals surface area contributed by atoms with E-state index >= 15 is 0 Å². The van der Waals surface area contributed by atoms with Gasteiger partial charge in [-0.3, -0.25) is 14.9 Å². The average molecular weight is 479 g/mol. The zero-order valence-electron chi connectivity index (χ0n) is 16.9. The van der Waals surface area contributed by atoms with E-state index in [2.05, 4.69) is 4.99 Å². The Morgan fingerprint density at radius 2 is 1.97 bits per heavy atom. The lowest BCUT2D eigenvalue weighted by atomic mass is 10.1. The molecule has 166 valence electrons. The summed E-state index contributed by atoms with van der Waals surface area (Å²) in [6.45, 7) is 3.68. The molecule has 1 aliphatic heterocycles. The van der Waals surface area contributed by atoms with E-state index in [0.29, 0.717) is 5.56 Å². The average Bonchev–Trinajstić information content (AvgIpc) is 3.10. The predicted octanol–water partition coefficient (Wildman–Crippen LogP) is 4.96. The summed E-state index contributed by atoms with van der Waals surface area (Å²) in [7, 11) is 0. The Morgan fingerprint density at radius 1 is 1.22 bits per heavy atom. The number of halogens is 2. The Bertz CT molecular complexity index is 1170. The van der Waals surface area contributed by atoms with Gasteiger partial charge in [-0.25, -0.2) is 9.79 Å². The molecule has 0 radical (unpaired) electrons. The molecule has 0 N–H and O–H groups in total. The van der Waals surface area contributed by atoms with Gasteiger partial charge >= 0.3 is 11.9 Å². The number of hydrogen-bond donors (Lipinski definition) is 0. The van der Waals surface area contributed by atoms with Crippen LogP contribution in [-0.4, -0.2) is 29.4 Å². The van der Waals surface area contributed by atoms with Gasteiger partial charge in [0.15, 0.2) is 17.2 Å². The van der Waals surface area contributed by atoms with Crippen molar-refractivity contribution in [1.82, 2.24) is 0 Å². The Morgan fingerprint density at radius 3 is 2.62 bits per heavy atom. The molecule has 2 aromatic rings. The predicted molar refractivity (Wildman–Crippen MR) is 117 cm³/mol. The molecule has 0 bridgehead atoms. The van der Waals surface area contributed by atoms with Crippen molar-refractivity contribution >= 4 is 52.8 Å². The number of nitro benzene ring substituents is 1. The zero-order valence-corrected chi connectivity index (χ0v) is 18.4. The molecule has 0 aliphatic carbocycles. The lowest BCUT2D eigenvalue weighted by Gasteiger charge is -2.13. The summed E-state index contributed by atoms with van der Waals surface area (Å²) >= 11 is 12.1. The van der Waals surface area contributed by atoms with E-state index < -0.39 is 16.9 Å². The highest BCUT2D eigenvalue weighted by Gasteiger charge is 2.26. The first-order chi connectivity index (χ1) is 15.2. The number of nitrogens with zero attached hydrogens (tertiary/aromatic N) is 2. The molecule has 0 saturated heterocycles. The fourth-order valence-electron chi connectivity index (χ4n) is 2.70. The van der Waals surface area contributed by atoms with Crippen molar-refractivity contribution in [3.05, 3.63) is 67.3 Å². The summed E-state index contributed by atoms with van der Waals surface area (Å²) in [5.74, 6) is -1.05. The van der Waals surface area contributed by atoms with E-state index in [9.17, 15) is 19.7 Å². The van der Waals surface area contributed by atoms with Gasteiger partial charge < -0.3 is 14.2 Å². The van der Waals surface area contributed by atoms with Gasteiger partial charge in [0, 0.05) is 18.1 Å². The second kappa shape index (κ2) is 9.80. The van der Waals surface area contributed by atoms with Gasteiger partial charge in [-0.15, -0.1) is 0 Å². The summed E-state index contributed by atoms with van der Waals surface area (Å²) in [5.41, 5.74) is 0.251. The summed E-state index contributed by atoms with van der Waals surface area (Å²) < 4.78 is 15.9. The molecule has 2 aromatic carbocycles. The Balaban J connectivity index is 1.98. The van der Waals surface area contributed by atoms with Crippen LogP contribution in [0.1, 0.15) is 31.4 Å². The molecule has 0 aromatic heterocycles. The van der Waals surface area contributed by atoms with Crippen molar-refractivity contribution in [2.75, 3.05) is 6.61 Å². The van der Waals surface area contributed by atoms with Gasteiger partial charge in [0.05, 0.1) is 16.6 Å². The maximum Gasteiger partial charge on any atom is 0.363 e. The lowest BCUT2D eigenvalue weighted by Crippen LogP contribution is -2.08. The van der Waals surface area contributed by atoms with Gasteiger partial charge in [-0.2, -0.15) is 0 Å². The van der Waals surface area contributed by atoms with E-state index in [1.165, 1.54) is 36.4 Å². The van der Waals surface area contributed by atoms with Crippen LogP contribution in [0, 0.1) is 10.1 Å². The number of aliphatic imine (C=N–C) groups is 1. The SMILES string of the molecule is CCOc1cc(/C=C2\N=C(c3ccc(Cl)c([N+](=O)[O-])c3)OC2=O)cc(Cl)c1OC(=O)CC. The normalized spacial score (nSPS) is 14.2. The number of carbonyl (C=O) groups is 2. The molecule has 9 nitrogen and oxygen atoms in total. The first-order valence-corrected chi connectivity index (χ1v) is 10.1. The molecule has 0 atom stereocenters. The van der Waals surface area contributed by atoms with Crippen molar-refractivity contribution < 1.29 is 28.7 Å². The number of esters is 2. The third-order valence-electron chi connectivity index (χ3n) is 4.15. The van der Waals surface area contributed by atoms with Crippen LogP contribution in [-0.2, 0) is 14.3 Å². The fourth-order valence-corrected chi connectivity index (χ4v) is 3.14. The van der Waals surface area contributed by atoms with Gasteiger partial charge in [0.1, 0.15) is 5.02 Å². The first-order valence-electron chi connectivity index (χ1n) is 9.37. The largest absolute Gasteiger partial charge is 0.490 e. The number of ether oxygens (including phenoxy) is 3. The van der Waals surface area contributed by atoms with E-state index in [1.807, 2.05) is 0 Å².